The summed E-state index contributed by atoms with van der Waals surface area (Å²) >= 11 is 7.50. The maximum Gasteiger partial charge on any atom is 0.338 e. The molecule has 6 nitrogen and oxygen atoms in total. The van der Waals surface area contributed by atoms with E-state index in [0.29, 0.717) is 37.7 Å². The van der Waals surface area contributed by atoms with Crippen LogP contribution in [0.3, 0.4) is 0 Å². The average Bonchev–Trinajstić information content (AvgIpc) is 3.58. The number of aromatic nitrogens is 2. The Kier molecular flexibility index (Phi) is 7.98. The Morgan fingerprint density at radius 3 is 2.46 bits per heavy atom. The molecular formula is C37H27ClFN3O3S. The van der Waals surface area contributed by atoms with Crippen LogP contribution in [0.5, 0.6) is 0 Å². The van der Waals surface area contributed by atoms with Crippen LogP contribution in [-0.2, 0) is 16.1 Å². The fraction of sp³-hybridized carbons (Fsp3) is 0.108. The van der Waals surface area contributed by atoms with E-state index < -0.39 is 12.0 Å². The first kappa shape index (κ1) is 29.6. The normalized spacial score (nSPS) is 14.8. The molecule has 0 unspecified atom stereocenters. The van der Waals surface area contributed by atoms with Crippen molar-refractivity contribution in [2.45, 2.75) is 19.5 Å². The van der Waals surface area contributed by atoms with Crippen molar-refractivity contribution in [1.29, 1.82) is 0 Å². The maximum atomic E-state index is 14.6. The summed E-state index contributed by atoms with van der Waals surface area (Å²) in [5, 5.41) is 1.46. The van der Waals surface area contributed by atoms with Crippen LogP contribution in [0, 0.1) is 5.82 Å². The van der Waals surface area contributed by atoms with Crippen molar-refractivity contribution in [2.75, 3.05) is 6.61 Å². The van der Waals surface area contributed by atoms with Crippen LogP contribution >= 0.6 is 22.9 Å². The number of halogens is 2. The smallest absolute Gasteiger partial charge is 0.338 e. The van der Waals surface area contributed by atoms with E-state index in [1.54, 1.807) is 35.8 Å². The minimum absolute atomic E-state index is 0.166. The molecule has 7 rings (SSSR count). The zero-order chi connectivity index (χ0) is 31.8. The number of ether oxygens (including phenoxy) is 1. The SMILES string of the molecule is CCOC(=O)C1=C(c2ccccc2)N=c2s/c(=C\c3cn(Cc4ccccc4F)c4ccccc34)c(=O)n2[C@@H]1c1ccc(Cl)cc1. The molecule has 3 heterocycles. The second-order valence-electron chi connectivity index (χ2n) is 10.8. The number of rotatable bonds is 7. The number of carbonyl (C=O) groups excluding carboxylic acids is 1. The first-order valence-corrected chi connectivity index (χ1v) is 16.0. The van der Waals surface area contributed by atoms with Gasteiger partial charge in [0, 0.05) is 38.8 Å². The zero-order valence-corrected chi connectivity index (χ0v) is 26.3. The van der Waals surface area contributed by atoms with Crippen molar-refractivity contribution < 1.29 is 13.9 Å². The third-order valence-electron chi connectivity index (χ3n) is 7.96. The Labute approximate surface area is 272 Å². The predicted molar refractivity (Wildman–Crippen MR) is 180 cm³/mol. The van der Waals surface area contributed by atoms with Crippen LogP contribution in [0.15, 0.2) is 125 Å². The van der Waals surface area contributed by atoms with Gasteiger partial charge in [0.2, 0.25) is 0 Å². The number of esters is 1. The van der Waals surface area contributed by atoms with Crippen LogP contribution in [-0.4, -0.2) is 21.7 Å². The highest BCUT2D eigenvalue weighted by Crippen LogP contribution is 2.35. The molecule has 9 heteroatoms. The van der Waals surface area contributed by atoms with Gasteiger partial charge in [0.25, 0.3) is 5.56 Å². The second kappa shape index (κ2) is 12.4. The lowest BCUT2D eigenvalue weighted by molar-refractivity contribution is -0.138. The summed E-state index contributed by atoms with van der Waals surface area (Å²) in [5.74, 6) is -0.820. The standard InChI is InChI=1S/C37H27ClFN3O3S/c1-2-45-36(44)32-33(23-10-4-3-5-11-23)40-37-42(34(32)24-16-18-27(38)19-17-24)35(43)31(46-37)20-26-22-41(30-15-9-7-13-28(26)30)21-25-12-6-8-14-29(25)39/h3-20,22,34H,2,21H2,1H3/b31-20-/t34-/m1/s1. The van der Waals surface area contributed by atoms with E-state index in [9.17, 15) is 14.0 Å². The first-order chi connectivity index (χ1) is 22.4. The van der Waals surface area contributed by atoms with Crippen LogP contribution in [0.2, 0.25) is 5.02 Å². The molecule has 228 valence electrons. The first-order valence-electron chi connectivity index (χ1n) is 14.8. The number of thiazole rings is 1. The highest BCUT2D eigenvalue weighted by molar-refractivity contribution is 7.07. The summed E-state index contributed by atoms with van der Waals surface area (Å²) in [7, 11) is 0. The molecule has 0 amide bonds. The average molecular weight is 648 g/mol. The number of hydrogen-bond donors (Lipinski definition) is 0. The van der Waals surface area contributed by atoms with Gasteiger partial charge in [0.05, 0.1) is 35.0 Å². The Bertz CT molecular complexity index is 2320. The second-order valence-corrected chi connectivity index (χ2v) is 12.2. The van der Waals surface area contributed by atoms with E-state index in [-0.39, 0.29) is 23.6 Å². The third kappa shape index (κ3) is 5.40. The highest BCUT2D eigenvalue weighted by Gasteiger charge is 2.35. The van der Waals surface area contributed by atoms with Gasteiger partial charge in [-0.3, -0.25) is 9.36 Å². The Morgan fingerprint density at radius 2 is 1.70 bits per heavy atom. The Balaban J connectivity index is 1.45. The summed E-state index contributed by atoms with van der Waals surface area (Å²) in [4.78, 5) is 33.4. The van der Waals surface area contributed by atoms with Gasteiger partial charge in [-0.25, -0.2) is 14.2 Å². The summed E-state index contributed by atoms with van der Waals surface area (Å²) in [6.07, 6.45) is 3.78. The van der Waals surface area contributed by atoms with Crippen LogP contribution < -0.4 is 14.9 Å². The monoisotopic (exact) mass is 647 g/mol. The van der Waals surface area contributed by atoms with Gasteiger partial charge in [0.15, 0.2) is 4.80 Å². The van der Waals surface area contributed by atoms with Gasteiger partial charge < -0.3 is 9.30 Å². The molecule has 4 aromatic carbocycles. The summed E-state index contributed by atoms with van der Waals surface area (Å²) in [6, 6.07) is 30.3. The van der Waals surface area contributed by atoms with Gasteiger partial charge in [-0.05, 0) is 42.8 Å². The summed E-state index contributed by atoms with van der Waals surface area (Å²) < 4.78 is 24.1. The molecule has 46 heavy (non-hydrogen) atoms. The van der Waals surface area contributed by atoms with E-state index in [0.717, 1.165) is 22.0 Å². The molecule has 1 aliphatic heterocycles. The Morgan fingerprint density at radius 1 is 0.978 bits per heavy atom. The lowest BCUT2D eigenvalue weighted by atomic mass is 9.93. The molecule has 2 aromatic heterocycles. The molecule has 0 spiro atoms. The van der Waals surface area contributed by atoms with Gasteiger partial charge in [-0.1, -0.05) is 102 Å². The topological polar surface area (TPSA) is 65.6 Å². The van der Waals surface area contributed by atoms with Gasteiger partial charge in [-0.15, -0.1) is 0 Å². The maximum absolute atomic E-state index is 14.6. The van der Waals surface area contributed by atoms with E-state index in [4.69, 9.17) is 21.3 Å². The number of fused-ring (bicyclic) bond motifs is 2. The number of carbonyl (C=O) groups is 1. The van der Waals surface area contributed by atoms with Crippen molar-refractivity contribution >= 4 is 51.6 Å². The molecule has 0 fully saturated rings. The van der Waals surface area contributed by atoms with Gasteiger partial charge >= 0.3 is 5.97 Å². The van der Waals surface area contributed by atoms with Crippen molar-refractivity contribution in [3.8, 4) is 0 Å². The molecule has 0 radical (unpaired) electrons. The van der Waals surface area contributed by atoms with Crippen molar-refractivity contribution in [2.24, 2.45) is 4.99 Å². The van der Waals surface area contributed by atoms with E-state index in [1.165, 1.54) is 17.4 Å². The highest BCUT2D eigenvalue weighted by atomic mass is 35.5. The quantitative estimate of drug-likeness (QED) is 0.181. The molecular weight excluding hydrogens is 621 g/mol. The van der Waals surface area contributed by atoms with E-state index in [2.05, 4.69) is 0 Å². The van der Waals surface area contributed by atoms with Crippen LogP contribution in [0.1, 0.15) is 35.2 Å². The summed E-state index contributed by atoms with van der Waals surface area (Å²) in [6.45, 7) is 2.25. The van der Waals surface area contributed by atoms with Crippen molar-refractivity contribution in [3.05, 3.63) is 168 Å². The molecule has 0 saturated heterocycles. The number of nitrogens with zero attached hydrogens (tertiary/aromatic N) is 3. The Hall–Kier alpha value is -5.05. The third-order valence-corrected chi connectivity index (χ3v) is 9.20. The summed E-state index contributed by atoms with van der Waals surface area (Å²) in [5.41, 5.74) is 4.17. The largest absolute Gasteiger partial charge is 0.463 e. The molecule has 0 bridgehead atoms. The number of hydrogen-bond acceptors (Lipinski definition) is 5. The fourth-order valence-corrected chi connectivity index (χ4v) is 6.99. The van der Waals surface area contributed by atoms with Gasteiger partial charge in [-0.2, -0.15) is 0 Å². The van der Waals surface area contributed by atoms with Crippen LogP contribution in [0.4, 0.5) is 4.39 Å². The minimum Gasteiger partial charge on any atom is -0.463 e. The van der Waals surface area contributed by atoms with Crippen LogP contribution in [0.25, 0.3) is 22.7 Å². The molecule has 1 atom stereocenters. The molecule has 1 aliphatic rings. The van der Waals surface area contributed by atoms with E-state index in [1.807, 2.05) is 89.6 Å². The lowest BCUT2D eigenvalue weighted by Crippen LogP contribution is -2.40. The lowest BCUT2D eigenvalue weighted by Gasteiger charge is -2.25. The van der Waals surface area contributed by atoms with Crippen molar-refractivity contribution in [3.63, 3.8) is 0 Å². The number of benzene rings is 4. The molecule has 0 saturated carbocycles. The molecule has 6 aromatic rings. The zero-order valence-electron chi connectivity index (χ0n) is 24.7. The molecule has 0 aliphatic carbocycles. The number of para-hydroxylation sites is 1. The van der Waals surface area contributed by atoms with Gasteiger partial charge in [0.1, 0.15) is 5.82 Å². The minimum atomic E-state index is -0.799. The van der Waals surface area contributed by atoms with E-state index >= 15 is 0 Å². The molecule has 0 N–H and O–H groups in total. The predicted octanol–water partition coefficient (Wildman–Crippen LogP) is 6.73. The fourth-order valence-electron chi connectivity index (χ4n) is 5.87. The van der Waals surface area contributed by atoms with Crippen molar-refractivity contribution in [1.82, 2.24) is 9.13 Å².